The lowest BCUT2D eigenvalue weighted by Gasteiger charge is -2.46. The average molecular weight is 1820 g/mol. The van der Waals surface area contributed by atoms with Crippen LogP contribution in [0.5, 0.6) is 0 Å². The third-order valence-corrected chi connectivity index (χ3v) is 28.4. The number of hydrogen-bond donors (Lipinski definition) is 0. The summed E-state index contributed by atoms with van der Waals surface area (Å²) in [5.41, 5.74) is 13.3. The minimum atomic E-state index is -1.18. The fourth-order valence-electron chi connectivity index (χ4n) is 20.3. The molecule has 16 aromatic rings. The number of hydrogen-bond acceptors (Lipinski definition) is 2. The van der Waals surface area contributed by atoms with Gasteiger partial charge in [0.1, 0.15) is 0 Å². The maximum atomic E-state index is 12.1. The highest BCUT2D eigenvalue weighted by Gasteiger charge is 2.48. The molecule has 0 fully saturated rings. The third-order valence-electron chi connectivity index (χ3n) is 28.4. The predicted molar refractivity (Wildman–Crippen MR) is 601 cm³/mol. The molecule has 0 bridgehead atoms. The number of nitrogens with zero attached hydrogens (tertiary/aromatic N) is 4. The van der Waals surface area contributed by atoms with Gasteiger partial charge in [0.25, 0.3) is 6.71 Å². The molecule has 4 heterocycles. The number of aromatic nitrogens is 2. The summed E-state index contributed by atoms with van der Waals surface area (Å²) < 4.78 is 184. The Kier molecular flexibility index (Phi) is 18.1. The SMILES string of the molecule is [2H]c1c([2H])c(C(C)(C)C)c([2H])c([2H])c1-c1c([2H])c(C(C)(C)C)c([2H])c(-c2c([2H])c(C(C)(C)C)c([2H])c([2H])c2C(C)(C)C)c1N1c2cc(-n3c4ccc(C(C)(C)C)cc4c4cc(C(C)(C)C)ccc43)ccc2B2c3ccc(-n4c5c([2H])c([2H])c([2H])c([2H])c5c5c([2H])c([2H])c([2H])c([2H])c54)cc3N(c3c(-c4ccccc4C(C)(C)C)cc(C(C)(C)C)cc3-c3ccc(C(C)(C)C)cc3C(C)(C)C)c3cc(-c4cc(C(C)(C)C)cc(C(C)(C)C)c4)cc1c32. The molecule has 0 N–H and O–H groups in total. The van der Waals surface area contributed by atoms with Crippen LogP contribution >= 0.6 is 0 Å². The van der Waals surface area contributed by atoms with E-state index in [9.17, 15) is 23.3 Å². The van der Waals surface area contributed by atoms with Crippen LogP contribution in [0.2, 0.25) is 0 Å². The maximum absolute atomic E-state index is 12.1. The highest BCUT2D eigenvalue weighted by Crippen LogP contribution is 2.59. The first-order chi connectivity index (χ1) is 70.6. The van der Waals surface area contributed by atoms with Crippen LogP contribution in [0.3, 0.4) is 0 Å². The van der Waals surface area contributed by atoms with Crippen molar-refractivity contribution < 1.29 is 23.3 Å². The molecule has 14 aromatic carbocycles. The molecule has 0 saturated heterocycles. The van der Waals surface area contributed by atoms with E-state index in [1.165, 1.54) is 0 Å². The van der Waals surface area contributed by atoms with Crippen molar-refractivity contribution in [3.63, 3.8) is 0 Å². The second-order valence-corrected chi connectivity index (χ2v) is 51.6. The molecule has 0 aliphatic carbocycles. The summed E-state index contributed by atoms with van der Waals surface area (Å²) in [5, 5.41) is 1.81. The van der Waals surface area contributed by atoms with Gasteiger partial charge in [0.05, 0.1) is 56.7 Å². The van der Waals surface area contributed by atoms with Gasteiger partial charge in [-0.2, -0.15) is 0 Å². The van der Waals surface area contributed by atoms with Crippen LogP contribution < -0.4 is 26.2 Å². The summed E-state index contributed by atoms with van der Waals surface area (Å²) >= 11 is 0. The van der Waals surface area contributed by atoms with E-state index in [-0.39, 0.29) is 136 Å². The van der Waals surface area contributed by atoms with Crippen molar-refractivity contribution >= 4 is 101 Å². The third kappa shape index (κ3) is 17.2. The van der Waals surface area contributed by atoms with Crippen LogP contribution in [-0.4, -0.2) is 15.8 Å². The number of fused-ring (bicyclic) bond motifs is 10. The van der Waals surface area contributed by atoms with E-state index < -0.39 is 116 Å². The highest BCUT2D eigenvalue weighted by molar-refractivity contribution is 7.00. The molecule has 0 atom stereocenters. The average Bonchev–Trinajstić information content (AvgIpc) is 1.69. The quantitative estimate of drug-likeness (QED) is 0.134. The standard InChI is InChI=1S/C132H151BN4/c1-121(2,3)83-51-49-80(50-52-83)98-73-90(128(22,23)24)76-104(99-70-84(122(4,5)6)54-60-106(99)131(31,32)33)119(98)136-114-79-93(135-112-63-55-85(123(7,8)9)71-100(112)101-72-86(124(10,11)12)56-64-113(101)135)58-62-108(114)133-109-61-57-92(134-110-47-41-38-44-96(110)97-45-39-42-48-111(97)134)78-115(109)137(117-68-82(67-116(136)118(117)133)81-65-88(126(16,17)18)69-89(66-81)127(19,20)21)120-102(94-43-37-40-46-105(94)130(28,29)30)74-91(129(25,26)27)75-103(120)95-59-53-87(125(13,14)15)77-107(95)132(34,35)36/h37-79H,1-36H3/i38D,39D,41D,42D,44D,45D,47D,48D,49D,50D,51D,52D,54D,60D,70D,73D,76D. The van der Waals surface area contributed by atoms with E-state index >= 15 is 0 Å². The number of anilines is 6. The maximum Gasteiger partial charge on any atom is 0.252 e. The molecule has 0 saturated carbocycles. The molecule has 0 unspecified atom stereocenters. The monoisotopic (exact) mass is 1820 g/mol. The van der Waals surface area contributed by atoms with Gasteiger partial charge in [-0.15, -0.1) is 0 Å². The lowest BCUT2D eigenvalue weighted by Crippen LogP contribution is -2.61. The van der Waals surface area contributed by atoms with E-state index in [1.807, 2.05) is 95.2 Å². The Hall–Kier alpha value is -11.7. The van der Waals surface area contributed by atoms with E-state index in [0.29, 0.717) is 56.1 Å². The van der Waals surface area contributed by atoms with Gasteiger partial charge in [-0.3, -0.25) is 0 Å². The van der Waals surface area contributed by atoms with Crippen molar-refractivity contribution in [3.8, 4) is 67.0 Å². The molecular weight excluding hydrogens is 1650 g/mol. The van der Waals surface area contributed by atoms with Gasteiger partial charge in [0.15, 0.2) is 0 Å². The van der Waals surface area contributed by atoms with Gasteiger partial charge < -0.3 is 18.9 Å². The smallest absolute Gasteiger partial charge is 0.252 e. The summed E-state index contributed by atoms with van der Waals surface area (Å²) in [7, 11) is 0. The van der Waals surface area contributed by atoms with E-state index in [1.54, 1.807) is 4.57 Å². The largest absolute Gasteiger partial charge is 0.310 e. The summed E-state index contributed by atoms with van der Waals surface area (Å²) in [5.74, 6) is 0. The van der Waals surface area contributed by atoms with E-state index in [0.717, 1.165) is 94.1 Å². The zero-order valence-corrected chi connectivity index (χ0v) is 88.4. The van der Waals surface area contributed by atoms with Crippen molar-refractivity contribution in [2.24, 2.45) is 0 Å². The zero-order chi connectivity index (χ0) is 114. The molecule has 2 aromatic heterocycles. The van der Waals surface area contributed by atoms with Crippen molar-refractivity contribution in [1.82, 2.24) is 9.13 Å². The van der Waals surface area contributed by atoms with Gasteiger partial charge in [-0.25, -0.2) is 0 Å². The Labute approximate surface area is 846 Å². The summed E-state index contributed by atoms with van der Waals surface area (Å²) in [6.07, 6.45) is 0. The summed E-state index contributed by atoms with van der Waals surface area (Å²) in [4.78, 5) is 4.54. The van der Waals surface area contributed by atoms with Crippen molar-refractivity contribution in [2.75, 3.05) is 9.80 Å². The Balaban J connectivity index is 1.21. The van der Waals surface area contributed by atoms with Crippen LogP contribution in [0.4, 0.5) is 34.1 Å². The number of para-hydroxylation sites is 2. The van der Waals surface area contributed by atoms with Crippen molar-refractivity contribution in [3.05, 3.63) is 327 Å². The molecule has 4 nitrogen and oxygen atoms in total. The fourth-order valence-corrected chi connectivity index (χ4v) is 20.3. The summed E-state index contributed by atoms with van der Waals surface area (Å²) in [6, 6.07) is 50.9. The molecule has 702 valence electrons. The molecule has 2 aliphatic heterocycles. The lowest BCUT2D eigenvalue weighted by atomic mass is 9.33. The molecular formula is C132H151BN4. The van der Waals surface area contributed by atoms with Crippen LogP contribution in [0.1, 0.15) is 339 Å². The van der Waals surface area contributed by atoms with Gasteiger partial charge in [-0.1, -0.05) is 413 Å². The van der Waals surface area contributed by atoms with Crippen molar-refractivity contribution in [2.45, 2.75) is 314 Å². The molecule has 2 aliphatic rings. The number of benzene rings is 14. The normalized spacial score (nSPS) is 15.7. The minimum Gasteiger partial charge on any atom is -0.310 e. The Morgan fingerprint density at radius 3 is 1.05 bits per heavy atom. The lowest BCUT2D eigenvalue weighted by molar-refractivity contribution is 0.568. The minimum absolute atomic E-state index is 0.0436. The van der Waals surface area contributed by atoms with Crippen LogP contribution in [0.25, 0.3) is 111 Å². The fraction of sp³-hybridized carbons (Fsp3) is 0.364. The zero-order valence-electron chi connectivity index (χ0n) is 105. The first kappa shape index (κ1) is 76.3. The van der Waals surface area contributed by atoms with E-state index in [2.05, 4.69) is 326 Å². The first-order valence-electron chi connectivity index (χ1n) is 57.9. The molecule has 137 heavy (non-hydrogen) atoms. The van der Waals surface area contributed by atoms with Gasteiger partial charge in [0.2, 0.25) is 0 Å². The molecule has 0 spiro atoms. The van der Waals surface area contributed by atoms with Gasteiger partial charge in [-0.05, 0) is 278 Å². The van der Waals surface area contributed by atoms with Gasteiger partial charge in [0, 0.05) is 77.9 Å². The molecule has 18 rings (SSSR count). The predicted octanol–water partition coefficient (Wildman–Crippen LogP) is 35.9. The first-order valence-corrected chi connectivity index (χ1v) is 49.4. The van der Waals surface area contributed by atoms with Crippen LogP contribution in [0, 0.1) is 0 Å². The second-order valence-electron chi connectivity index (χ2n) is 51.6. The topological polar surface area (TPSA) is 16.3 Å². The number of rotatable bonds is 9. The second kappa shape index (κ2) is 32.5. The van der Waals surface area contributed by atoms with Crippen molar-refractivity contribution in [1.29, 1.82) is 0 Å². The van der Waals surface area contributed by atoms with E-state index in [4.69, 9.17) is 0 Å². The molecule has 5 heteroatoms. The Bertz CT molecular complexity index is 8450. The van der Waals surface area contributed by atoms with Gasteiger partial charge >= 0.3 is 0 Å². The molecule has 0 amide bonds. The highest BCUT2D eigenvalue weighted by atomic mass is 15.2. The van der Waals surface area contributed by atoms with Crippen LogP contribution in [0.15, 0.2) is 260 Å². The van der Waals surface area contributed by atoms with Crippen LogP contribution in [-0.2, 0) is 65.0 Å². The molecule has 0 radical (unpaired) electrons. The Morgan fingerprint density at radius 1 is 0.219 bits per heavy atom. The Morgan fingerprint density at radius 2 is 0.599 bits per heavy atom. The summed E-state index contributed by atoms with van der Waals surface area (Å²) in [6.45, 7) is 75.7.